The van der Waals surface area contributed by atoms with E-state index in [1.165, 1.54) is 6.33 Å². The molecule has 2 rings (SSSR count). The number of aromatic nitrogens is 2. The van der Waals surface area contributed by atoms with E-state index in [0.717, 1.165) is 0 Å². The largest absolute Gasteiger partial charge is 0.317 e. The van der Waals surface area contributed by atoms with E-state index in [0.29, 0.717) is 5.56 Å². The highest BCUT2D eigenvalue weighted by atomic mass is 35.5. The molecular weight excluding hydrogens is 261 g/mol. The van der Waals surface area contributed by atoms with Crippen molar-refractivity contribution >= 4 is 34.8 Å². The summed E-state index contributed by atoms with van der Waals surface area (Å²) in [7, 11) is 0. The lowest BCUT2D eigenvalue weighted by Crippen LogP contribution is -2.13. The van der Waals surface area contributed by atoms with Crippen LogP contribution >= 0.6 is 23.2 Å². The van der Waals surface area contributed by atoms with E-state index < -0.39 is 0 Å². The van der Waals surface area contributed by atoms with Crippen LogP contribution in [0.5, 0.6) is 0 Å². The topological polar surface area (TPSA) is 54.9 Å². The summed E-state index contributed by atoms with van der Waals surface area (Å²) in [4.78, 5) is 19.3. The minimum atomic E-state index is -0.316. The Morgan fingerprint density at radius 3 is 2.24 bits per heavy atom. The monoisotopic (exact) mass is 267 g/mol. The SMILES string of the molecule is O=C(Nc1c(Cl)ncnc1Cl)c1ccccc1. The predicted octanol–water partition coefficient (Wildman–Crippen LogP) is 3.04. The summed E-state index contributed by atoms with van der Waals surface area (Å²) >= 11 is 11.6. The minimum Gasteiger partial charge on any atom is -0.317 e. The first-order valence-corrected chi connectivity index (χ1v) is 5.46. The number of carbonyl (C=O) groups is 1. The Labute approximate surface area is 108 Å². The van der Waals surface area contributed by atoms with Gasteiger partial charge in [-0.05, 0) is 12.1 Å². The van der Waals surface area contributed by atoms with Crippen molar-refractivity contribution in [2.75, 3.05) is 5.32 Å². The number of carbonyl (C=O) groups excluding carboxylic acids is 1. The molecule has 0 spiro atoms. The van der Waals surface area contributed by atoms with Crippen LogP contribution in [0.25, 0.3) is 0 Å². The van der Waals surface area contributed by atoms with Gasteiger partial charge in [0.2, 0.25) is 0 Å². The van der Waals surface area contributed by atoms with Crippen LogP contribution in [-0.4, -0.2) is 15.9 Å². The van der Waals surface area contributed by atoms with Crippen molar-refractivity contribution in [1.82, 2.24) is 9.97 Å². The van der Waals surface area contributed by atoms with Crippen LogP contribution < -0.4 is 5.32 Å². The molecule has 17 heavy (non-hydrogen) atoms. The summed E-state index contributed by atoms with van der Waals surface area (Å²) in [6.07, 6.45) is 1.23. The standard InChI is InChI=1S/C11H7Cl2N3O/c12-9-8(10(13)15-6-14-9)16-11(17)7-4-2-1-3-5-7/h1-6H,(H,16,17). The van der Waals surface area contributed by atoms with Crippen molar-refractivity contribution in [1.29, 1.82) is 0 Å². The predicted molar refractivity (Wildman–Crippen MR) is 66.4 cm³/mol. The molecule has 1 N–H and O–H groups in total. The molecule has 0 saturated carbocycles. The van der Waals surface area contributed by atoms with Gasteiger partial charge in [-0.3, -0.25) is 4.79 Å². The number of anilines is 1. The third-order valence-corrected chi connectivity index (χ3v) is 2.60. The molecule has 0 radical (unpaired) electrons. The lowest BCUT2D eigenvalue weighted by molar-refractivity contribution is 0.102. The van der Waals surface area contributed by atoms with Crippen LogP contribution in [-0.2, 0) is 0 Å². The summed E-state index contributed by atoms with van der Waals surface area (Å²) in [6, 6.07) is 8.71. The number of benzene rings is 1. The Hall–Kier alpha value is -1.65. The lowest BCUT2D eigenvalue weighted by Gasteiger charge is -2.07. The zero-order valence-electron chi connectivity index (χ0n) is 8.52. The van der Waals surface area contributed by atoms with Gasteiger partial charge in [0, 0.05) is 5.56 Å². The average Bonchev–Trinajstić information content (AvgIpc) is 2.35. The molecule has 0 atom stereocenters. The molecule has 0 unspecified atom stereocenters. The van der Waals surface area contributed by atoms with Gasteiger partial charge < -0.3 is 5.32 Å². The fourth-order valence-corrected chi connectivity index (χ4v) is 1.63. The first kappa shape index (κ1) is 11.8. The summed E-state index contributed by atoms with van der Waals surface area (Å²) in [6.45, 7) is 0. The highest BCUT2D eigenvalue weighted by Gasteiger charge is 2.12. The van der Waals surface area contributed by atoms with Crippen LogP contribution in [0.1, 0.15) is 10.4 Å². The van der Waals surface area contributed by atoms with Gasteiger partial charge in [0.05, 0.1) is 0 Å². The van der Waals surface area contributed by atoms with E-state index in [4.69, 9.17) is 23.2 Å². The molecule has 0 aliphatic carbocycles. The molecule has 2 aromatic rings. The van der Waals surface area contributed by atoms with Gasteiger partial charge in [-0.15, -0.1) is 0 Å². The van der Waals surface area contributed by atoms with E-state index in [1.807, 2.05) is 6.07 Å². The number of nitrogens with one attached hydrogen (secondary N) is 1. The molecule has 0 fully saturated rings. The van der Waals surface area contributed by atoms with Gasteiger partial charge in [-0.1, -0.05) is 41.4 Å². The van der Waals surface area contributed by atoms with Crippen LogP contribution in [0.15, 0.2) is 36.7 Å². The number of hydrogen-bond acceptors (Lipinski definition) is 3. The van der Waals surface area contributed by atoms with Crippen LogP contribution in [0.4, 0.5) is 5.69 Å². The Bertz CT molecular complexity index is 525. The minimum absolute atomic E-state index is 0.106. The maximum absolute atomic E-state index is 11.8. The Kier molecular flexibility index (Phi) is 3.56. The highest BCUT2D eigenvalue weighted by molar-refractivity contribution is 6.38. The van der Waals surface area contributed by atoms with E-state index >= 15 is 0 Å². The fraction of sp³-hybridized carbons (Fsp3) is 0. The first-order chi connectivity index (χ1) is 8.18. The molecule has 6 heteroatoms. The van der Waals surface area contributed by atoms with E-state index in [1.54, 1.807) is 24.3 Å². The number of rotatable bonds is 2. The van der Waals surface area contributed by atoms with Crippen molar-refractivity contribution in [3.05, 3.63) is 52.5 Å². The molecule has 0 bridgehead atoms. The van der Waals surface area contributed by atoms with E-state index in [9.17, 15) is 4.79 Å². The molecule has 0 saturated heterocycles. The van der Waals surface area contributed by atoms with Crippen LogP contribution in [0.3, 0.4) is 0 Å². The van der Waals surface area contributed by atoms with Crippen molar-refractivity contribution in [3.8, 4) is 0 Å². The number of amides is 1. The number of hydrogen-bond donors (Lipinski definition) is 1. The molecule has 0 aliphatic rings. The molecule has 86 valence electrons. The zero-order valence-corrected chi connectivity index (χ0v) is 10.0. The van der Waals surface area contributed by atoms with Crippen molar-refractivity contribution in [3.63, 3.8) is 0 Å². The number of halogens is 2. The summed E-state index contributed by atoms with van der Waals surface area (Å²) < 4.78 is 0. The molecule has 1 heterocycles. The normalized spacial score (nSPS) is 10.0. The summed E-state index contributed by atoms with van der Waals surface area (Å²) in [5, 5.41) is 2.78. The van der Waals surface area contributed by atoms with Gasteiger partial charge >= 0.3 is 0 Å². The van der Waals surface area contributed by atoms with Gasteiger partial charge in [0.1, 0.15) is 12.0 Å². The average molecular weight is 268 g/mol. The summed E-state index contributed by atoms with van der Waals surface area (Å²) in [5.41, 5.74) is 0.716. The van der Waals surface area contributed by atoms with Crippen LogP contribution in [0.2, 0.25) is 10.3 Å². The van der Waals surface area contributed by atoms with Gasteiger partial charge in [-0.25, -0.2) is 9.97 Å². The first-order valence-electron chi connectivity index (χ1n) is 4.71. The zero-order chi connectivity index (χ0) is 12.3. The molecule has 0 aliphatic heterocycles. The third-order valence-electron chi connectivity index (χ3n) is 2.03. The Morgan fingerprint density at radius 2 is 1.65 bits per heavy atom. The second-order valence-electron chi connectivity index (χ2n) is 3.15. The Balaban J connectivity index is 2.25. The third kappa shape index (κ3) is 2.72. The Morgan fingerprint density at radius 1 is 1.06 bits per heavy atom. The van der Waals surface area contributed by atoms with Crippen LogP contribution in [0, 0.1) is 0 Å². The lowest BCUT2D eigenvalue weighted by atomic mass is 10.2. The molecule has 1 aromatic carbocycles. The van der Waals surface area contributed by atoms with Gasteiger partial charge in [0.15, 0.2) is 10.3 Å². The highest BCUT2D eigenvalue weighted by Crippen LogP contribution is 2.26. The maximum atomic E-state index is 11.8. The molecule has 4 nitrogen and oxygen atoms in total. The van der Waals surface area contributed by atoms with E-state index in [2.05, 4.69) is 15.3 Å². The molecule has 1 aromatic heterocycles. The van der Waals surface area contributed by atoms with Crippen molar-refractivity contribution in [2.24, 2.45) is 0 Å². The molecule has 1 amide bonds. The maximum Gasteiger partial charge on any atom is 0.255 e. The van der Waals surface area contributed by atoms with Gasteiger partial charge in [0.25, 0.3) is 5.91 Å². The van der Waals surface area contributed by atoms with Crippen molar-refractivity contribution in [2.45, 2.75) is 0 Å². The second kappa shape index (κ2) is 5.12. The molecular formula is C11H7Cl2N3O. The smallest absolute Gasteiger partial charge is 0.255 e. The van der Waals surface area contributed by atoms with E-state index in [-0.39, 0.29) is 21.9 Å². The quantitative estimate of drug-likeness (QED) is 0.851. The van der Waals surface area contributed by atoms with Gasteiger partial charge in [-0.2, -0.15) is 0 Å². The number of nitrogens with zero attached hydrogens (tertiary/aromatic N) is 2. The second-order valence-corrected chi connectivity index (χ2v) is 3.87. The fourth-order valence-electron chi connectivity index (χ4n) is 1.22. The van der Waals surface area contributed by atoms with Crippen molar-refractivity contribution < 1.29 is 4.79 Å². The summed E-state index contributed by atoms with van der Waals surface area (Å²) in [5.74, 6) is -0.316.